The van der Waals surface area contributed by atoms with Gasteiger partial charge in [-0.15, -0.1) is 11.3 Å². The van der Waals surface area contributed by atoms with Crippen molar-refractivity contribution in [1.29, 1.82) is 0 Å². The van der Waals surface area contributed by atoms with Gasteiger partial charge in [-0.25, -0.2) is 14.6 Å². The molecule has 2 aromatic carbocycles. The number of nitrogens with zero attached hydrogens (tertiary/aromatic N) is 1. The summed E-state index contributed by atoms with van der Waals surface area (Å²) >= 11 is 1.06. The molecule has 4 rings (SSSR count). The first-order valence-corrected chi connectivity index (χ1v) is 12.3. The molecule has 3 N–H and O–H groups in total. The number of carbonyl (C=O) groups excluding carboxylic acids is 2. The molecule has 1 atom stereocenters. The van der Waals surface area contributed by atoms with Crippen LogP contribution in [0.1, 0.15) is 54.2 Å². The van der Waals surface area contributed by atoms with Gasteiger partial charge in [0.2, 0.25) is 0 Å². The zero-order chi connectivity index (χ0) is 24.9. The lowest BCUT2D eigenvalue weighted by Crippen LogP contribution is -2.41. The van der Waals surface area contributed by atoms with E-state index in [0.29, 0.717) is 18.8 Å². The van der Waals surface area contributed by atoms with Crippen LogP contribution in [0.2, 0.25) is 0 Å². The van der Waals surface area contributed by atoms with Crippen molar-refractivity contribution >= 4 is 34.4 Å². The van der Waals surface area contributed by atoms with E-state index in [1.54, 1.807) is 0 Å². The summed E-state index contributed by atoms with van der Waals surface area (Å²) in [5.74, 6) is -1.44. The van der Waals surface area contributed by atoms with Crippen molar-refractivity contribution in [3.05, 3.63) is 70.7 Å². The number of anilines is 1. The number of hydrogen-bond acceptors (Lipinski definition) is 6. The van der Waals surface area contributed by atoms with Crippen LogP contribution in [-0.2, 0) is 9.53 Å². The molecule has 3 aromatic rings. The van der Waals surface area contributed by atoms with E-state index in [0.717, 1.165) is 33.6 Å². The topological polar surface area (TPSA) is 118 Å². The normalized spacial score (nSPS) is 13.1. The molecule has 1 aliphatic rings. The van der Waals surface area contributed by atoms with Gasteiger partial charge in [0.15, 0.2) is 5.13 Å². The fourth-order valence-corrected chi connectivity index (χ4v) is 4.82. The molecule has 0 bridgehead atoms. The number of ether oxygens (including phenoxy) is 1. The van der Waals surface area contributed by atoms with Gasteiger partial charge in [0.05, 0.1) is 0 Å². The fraction of sp³-hybridized carbons (Fsp3) is 0.308. The smallest absolute Gasteiger partial charge is 0.413 e. The van der Waals surface area contributed by atoms with E-state index in [-0.39, 0.29) is 23.4 Å². The third-order valence-corrected chi connectivity index (χ3v) is 6.68. The van der Waals surface area contributed by atoms with Crippen LogP contribution in [0.3, 0.4) is 0 Å². The Bertz CT molecular complexity index is 1190. The third-order valence-electron chi connectivity index (χ3n) is 5.93. The Hall–Kier alpha value is -3.72. The maximum absolute atomic E-state index is 12.5. The van der Waals surface area contributed by atoms with Crippen LogP contribution in [0.25, 0.3) is 11.1 Å². The molecule has 9 heteroatoms. The van der Waals surface area contributed by atoms with Gasteiger partial charge in [-0.05, 0) is 41.0 Å². The fourth-order valence-electron chi connectivity index (χ4n) is 4.15. The lowest BCUT2D eigenvalue weighted by Gasteiger charge is -2.15. The minimum atomic E-state index is -1.09. The molecule has 0 saturated heterocycles. The van der Waals surface area contributed by atoms with E-state index in [9.17, 15) is 19.5 Å². The average molecular weight is 494 g/mol. The minimum Gasteiger partial charge on any atom is -0.480 e. The van der Waals surface area contributed by atoms with Crippen LogP contribution in [-0.4, -0.2) is 40.7 Å². The lowest BCUT2D eigenvalue weighted by atomic mass is 9.98. The van der Waals surface area contributed by atoms with E-state index in [4.69, 9.17) is 4.74 Å². The predicted molar refractivity (Wildman–Crippen MR) is 134 cm³/mol. The number of nitrogens with one attached hydrogen (secondary N) is 2. The van der Waals surface area contributed by atoms with Crippen molar-refractivity contribution in [3.63, 3.8) is 0 Å². The van der Waals surface area contributed by atoms with E-state index < -0.39 is 24.0 Å². The predicted octanol–water partition coefficient (Wildman–Crippen LogP) is 5.12. The largest absolute Gasteiger partial charge is 0.480 e. The van der Waals surface area contributed by atoms with E-state index >= 15 is 0 Å². The van der Waals surface area contributed by atoms with Gasteiger partial charge < -0.3 is 15.2 Å². The van der Waals surface area contributed by atoms with Crippen LogP contribution in [0.4, 0.5) is 9.93 Å². The Morgan fingerprint density at radius 2 is 1.66 bits per heavy atom. The summed E-state index contributed by atoms with van der Waals surface area (Å²) in [5.41, 5.74) is 4.54. The van der Waals surface area contributed by atoms with Crippen molar-refractivity contribution in [3.8, 4) is 11.1 Å². The average Bonchev–Trinajstić information content (AvgIpc) is 3.43. The molecular weight excluding hydrogens is 466 g/mol. The van der Waals surface area contributed by atoms with Crippen molar-refractivity contribution in [2.75, 3.05) is 11.9 Å². The summed E-state index contributed by atoms with van der Waals surface area (Å²) in [4.78, 5) is 40.5. The van der Waals surface area contributed by atoms with Gasteiger partial charge in [0.1, 0.15) is 18.3 Å². The molecule has 1 aromatic heterocycles. The number of aliphatic carboxylic acids is 1. The molecule has 182 valence electrons. The van der Waals surface area contributed by atoms with Gasteiger partial charge >= 0.3 is 12.1 Å². The molecule has 8 nitrogen and oxygen atoms in total. The molecule has 0 saturated carbocycles. The Morgan fingerprint density at radius 1 is 1.03 bits per heavy atom. The highest BCUT2D eigenvalue weighted by Gasteiger charge is 2.29. The highest BCUT2D eigenvalue weighted by Crippen LogP contribution is 2.44. The first kappa shape index (κ1) is 24.4. The molecule has 2 amide bonds. The monoisotopic (exact) mass is 493 g/mol. The number of thiazole rings is 1. The van der Waals surface area contributed by atoms with Crippen molar-refractivity contribution in [1.82, 2.24) is 10.3 Å². The molecule has 0 radical (unpaired) electrons. The van der Waals surface area contributed by atoms with Gasteiger partial charge in [0, 0.05) is 11.3 Å². The molecular formula is C26H27N3O5S. The van der Waals surface area contributed by atoms with Crippen LogP contribution in [0, 0.1) is 5.92 Å². The zero-order valence-corrected chi connectivity index (χ0v) is 20.3. The Balaban J connectivity index is 1.34. The first-order chi connectivity index (χ1) is 16.8. The Morgan fingerprint density at radius 3 is 2.26 bits per heavy atom. The number of carboxylic acids is 1. The quantitative estimate of drug-likeness (QED) is 0.381. The molecule has 1 unspecified atom stereocenters. The third kappa shape index (κ3) is 5.68. The second-order valence-corrected chi connectivity index (χ2v) is 9.68. The van der Waals surface area contributed by atoms with Crippen LogP contribution in [0.15, 0.2) is 53.9 Å². The summed E-state index contributed by atoms with van der Waals surface area (Å²) in [6.45, 7) is 4.14. The summed E-state index contributed by atoms with van der Waals surface area (Å²) in [6, 6.07) is 15.1. The van der Waals surface area contributed by atoms with Crippen molar-refractivity contribution in [2.24, 2.45) is 5.92 Å². The SMILES string of the molecule is CC(C)CCC(NC(=O)c1csc(NC(=O)OCC2c3ccccc3-c3ccccc32)n1)C(=O)O. The van der Waals surface area contributed by atoms with Crippen molar-refractivity contribution < 1.29 is 24.2 Å². The van der Waals surface area contributed by atoms with Crippen molar-refractivity contribution in [2.45, 2.75) is 38.6 Å². The molecule has 1 heterocycles. The number of carbonyl (C=O) groups is 3. The van der Waals surface area contributed by atoms with Gasteiger partial charge in [-0.1, -0.05) is 62.4 Å². The molecule has 0 spiro atoms. The van der Waals surface area contributed by atoms with E-state index in [2.05, 4.69) is 27.8 Å². The maximum atomic E-state index is 12.5. The maximum Gasteiger partial charge on any atom is 0.413 e. The summed E-state index contributed by atoms with van der Waals surface area (Å²) in [7, 11) is 0. The van der Waals surface area contributed by atoms with Crippen LogP contribution < -0.4 is 10.6 Å². The standard InChI is InChI=1S/C26H27N3O5S/c1-15(2)11-12-21(24(31)32)27-23(30)22-14-35-25(28-22)29-26(33)34-13-20-18-9-5-3-7-16(18)17-8-4-6-10-19(17)20/h3-10,14-15,20-21H,11-13H2,1-2H3,(H,27,30)(H,31,32)(H,28,29,33). The molecule has 35 heavy (non-hydrogen) atoms. The van der Waals surface area contributed by atoms with E-state index in [1.807, 2.05) is 50.2 Å². The highest BCUT2D eigenvalue weighted by molar-refractivity contribution is 7.14. The summed E-state index contributed by atoms with van der Waals surface area (Å²) < 4.78 is 5.50. The Kier molecular flexibility index (Phi) is 7.45. The van der Waals surface area contributed by atoms with Gasteiger partial charge in [-0.2, -0.15) is 0 Å². The number of amides is 2. The van der Waals surface area contributed by atoms with Gasteiger partial charge in [-0.3, -0.25) is 10.1 Å². The number of rotatable bonds is 9. The number of fused-ring (bicyclic) bond motifs is 3. The van der Waals surface area contributed by atoms with E-state index in [1.165, 1.54) is 5.38 Å². The summed E-state index contributed by atoms with van der Waals surface area (Å²) in [6.07, 6.45) is 0.324. The second-order valence-electron chi connectivity index (χ2n) is 8.82. The zero-order valence-electron chi connectivity index (χ0n) is 19.5. The molecule has 1 aliphatic carbocycles. The second kappa shape index (κ2) is 10.7. The lowest BCUT2D eigenvalue weighted by molar-refractivity contribution is -0.139. The van der Waals surface area contributed by atoms with Gasteiger partial charge in [0.25, 0.3) is 5.91 Å². The molecule has 0 fully saturated rings. The van der Waals surface area contributed by atoms with Crippen LogP contribution in [0.5, 0.6) is 0 Å². The number of benzene rings is 2. The Labute approximate surface area is 207 Å². The number of hydrogen-bond donors (Lipinski definition) is 3. The van der Waals surface area contributed by atoms with Crippen LogP contribution >= 0.6 is 11.3 Å². The summed E-state index contributed by atoms with van der Waals surface area (Å²) in [5, 5.41) is 16.1. The molecule has 0 aliphatic heterocycles. The minimum absolute atomic E-state index is 0.0414. The highest BCUT2D eigenvalue weighted by atomic mass is 32.1. The number of carboxylic acid groups (broad SMARTS) is 1. The first-order valence-electron chi connectivity index (χ1n) is 11.4. The number of aromatic nitrogens is 1.